The lowest BCUT2D eigenvalue weighted by molar-refractivity contribution is -0.244. The van der Waals surface area contributed by atoms with Gasteiger partial charge in [0, 0.05) is 18.4 Å². The van der Waals surface area contributed by atoms with Gasteiger partial charge in [-0.15, -0.1) is 0 Å². The summed E-state index contributed by atoms with van der Waals surface area (Å²) in [6, 6.07) is 7.14. The number of hydrogen-bond acceptors (Lipinski definition) is 5. The standard InChI is InChI=1S/C19H20O5/c1-2-12-22-16-9-5-4-8-14(16)13-15-17(20)23-19(24-18(15)21)10-6-3-7-11-19/h2,4-5,8-9,13H,1,3,6-7,10-12H2. The summed E-state index contributed by atoms with van der Waals surface area (Å²) in [5, 5.41) is 0. The molecule has 0 radical (unpaired) electrons. The predicted molar refractivity (Wildman–Crippen MR) is 88.1 cm³/mol. The van der Waals surface area contributed by atoms with Crippen LogP contribution in [0.15, 0.2) is 42.5 Å². The van der Waals surface area contributed by atoms with Gasteiger partial charge < -0.3 is 14.2 Å². The molecule has 126 valence electrons. The van der Waals surface area contributed by atoms with Crippen molar-refractivity contribution in [2.45, 2.75) is 37.9 Å². The molecule has 1 saturated carbocycles. The summed E-state index contributed by atoms with van der Waals surface area (Å²) < 4.78 is 16.5. The molecule has 2 fully saturated rings. The quantitative estimate of drug-likeness (QED) is 0.367. The summed E-state index contributed by atoms with van der Waals surface area (Å²) in [5.74, 6) is -1.77. The highest BCUT2D eigenvalue weighted by atomic mass is 16.7. The molecule has 24 heavy (non-hydrogen) atoms. The number of carbonyl (C=O) groups excluding carboxylic acids is 2. The van der Waals surface area contributed by atoms with Gasteiger partial charge in [0.05, 0.1) is 0 Å². The topological polar surface area (TPSA) is 61.8 Å². The smallest absolute Gasteiger partial charge is 0.348 e. The summed E-state index contributed by atoms with van der Waals surface area (Å²) in [5.41, 5.74) is 0.503. The molecule has 0 bridgehead atoms. The molecule has 0 unspecified atom stereocenters. The van der Waals surface area contributed by atoms with Crippen LogP contribution < -0.4 is 4.74 Å². The Kier molecular flexibility index (Phi) is 4.69. The van der Waals surface area contributed by atoms with Crippen molar-refractivity contribution in [1.82, 2.24) is 0 Å². The van der Waals surface area contributed by atoms with Gasteiger partial charge >= 0.3 is 11.9 Å². The Morgan fingerprint density at radius 3 is 2.42 bits per heavy atom. The molecule has 2 aliphatic rings. The van der Waals surface area contributed by atoms with Crippen molar-refractivity contribution in [2.75, 3.05) is 6.61 Å². The molecule has 1 heterocycles. The Morgan fingerprint density at radius 2 is 1.75 bits per heavy atom. The van der Waals surface area contributed by atoms with Crippen molar-refractivity contribution >= 4 is 18.0 Å². The van der Waals surface area contributed by atoms with Crippen molar-refractivity contribution in [3.05, 3.63) is 48.1 Å². The van der Waals surface area contributed by atoms with Crippen LogP contribution in [0.5, 0.6) is 5.75 Å². The summed E-state index contributed by atoms with van der Waals surface area (Å²) in [7, 11) is 0. The maximum absolute atomic E-state index is 12.4. The minimum Gasteiger partial charge on any atom is -0.489 e. The van der Waals surface area contributed by atoms with Gasteiger partial charge in [-0.2, -0.15) is 0 Å². The van der Waals surface area contributed by atoms with E-state index in [4.69, 9.17) is 14.2 Å². The van der Waals surface area contributed by atoms with Gasteiger partial charge in [-0.3, -0.25) is 0 Å². The predicted octanol–water partition coefficient (Wildman–Crippen LogP) is 3.40. The summed E-state index contributed by atoms with van der Waals surface area (Å²) in [6.07, 6.45) is 7.05. The van der Waals surface area contributed by atoms with Gasteiger partial charge in [0.1, 0.15) is 17.9 Å². The third kappa shape index (κ3) is 3.35. The van der Waals surface area contributed by atoms with Crippen LogP contribution in [0.1, 0.15) is 37.7 Å². The highest BCUT2D eigenvalue weighted by Gasteiger charge is 2.46. The van der Waals surface area contributed by atoms with E-state index in [-0.39, 0.29) is 5.57 Å². The SMILES string of the molecule is C=CCOc1ccccc1C=C1C(=O)OC2(CCCCC2)OC1=O. The van der Waals surface area contributed by atoms with E-state index in [1.165, 1.54) is 6.08 Å². The Labute approximate surface area is 140 Å². The Balaban J connectivity index is 1.85. The minimum atomic E-state index is -1.07. The van der Waals surface area contributed by atoms with Crippen LogP contribution in [0.4, 0.5) is 0 Å². The third-order valence-corrected chi connectivity index (χ3v) is 4.19. The molecule has 0 amide bonds. The molecule has 1 aromatic carbocycles. The molecule has 0 aromatic heterocycles. The zero-order valence-electron chi connectivity index (χ0n) is 13.5. The van der Waals surface area contributed by atoms with E-state index in [9.17, 15) is 9.59 Å². The maximum atomic E-state index is 12.4. The molecule has 1 aliphatic heterocycles. The van der Waals surface area contributed by atoms with Gasteiger partial charge in [0.2, 0.25) is 0 Å². The van der Waals surface area contributed by atoms with Crippen LogP contribution in [-0.2, 0) is 19.1 Å². The molecule has 1 saturated heterocycles. The number of para-hydroxylation sites is 1. The fourth-order valence-electron chi connectivity index (χ4n) is 3.00. The van der Waals surface area contributed by atoms with Gasteiger partial charge in [-0.1, -0.05) is 37.3 Å². The van der Waals surface area contributed by atoms with E-state index < -0.39 is 17.7 Å². The van der Waals surface area contributed by atoms with Crippen molar-refractivity contribution in [1.29, 1.82) is 0 Å². The van der Waals surface area contributed by atoms with Crippen LogP contribution in [0, 0.1) is 0 Å². The second-order valence-corrected chi connectivity index (χ2v) is 5.95. The van der Waals surface area contributed by atoms with Crippen molar-refractivity contribution in [2.24, 2.45) is 0 Å². The molecule has 5 heteroatoms. The molecule has 1 aromatic rings. The lowest BCUT2D eigenvalue weighted by atomic mass is 9.93. The molecule has 0 atom stereocenters. The number of rotatable bonds is 4. The summed E-state index contributed by atoms with van der Waals surface area (Å²) in [4.78, 5) is 24.7. The number of esters is 2. The average Bonchev–Trinajstić information content (AvgIpc) is 2.58. The van der Waals surface area contributed by atoms with E-state index >= 15 is 0 Å². The molecule has 5 nitrogen and oxygen atoms in total. The van der Waals surface area contributed by atoms with Gasteiger partial charge in [0.15, 0.2) is 0 Å². The second-order valence-electron chi connectivity index (χ2n) is 5.95. The Hall–Kier alpha value is -2.56. The average molecular weight is 328 g/mol. The molecule has 3 rings (SSSR count). The van der Waals surface area contributed by atoms with Crippen molar-refractivity contribution in [3.8, 4) is 5.75 Å². The first-order valence-electron chi connectivity index (χ1n) is 8.15. The summed E-state index contributed by atoms with van der Waals surface area (Å²) >= 11 is 0. The highest BCUT2D eigenvalue weighted by Crippen LogP contribution is 2.37. The normalized spacial score (nSPS) is 19.4. The lowest BCUT2D eigenvalue weighted by Crippen LogP contribution is -2.47. The Morgan fingerprint density at radius 1 is 1.08 bits per heavy atom. The van der Waals surface area contributed by atoms with E-state index in [0.717, 1.165) is 19.3 Å². The molecular weight excluding hydrogens is 308 g/mol. The molecule has 1 spiro atoms. The number of carbonyl (C=O) groups is 2. The van der Waals surface area contributed by atoms with E-state index in [0.29, 0.717) is 30.8 Å². The zero-order valence-corrected chi connectivity index (χ0v) is 13.5. The first kappa shape index (κ1) is 16.3. The van der Waals surface area contributed by atoms with Crippen LogP contribution in [0.3, 0.4) is 0 Å². The van der Waals surface area contributed by atoms with Crippen molar-refractivity contribution in [3.63, 3.8) is 0 Å². The fraction of sp³-hybridized carbons (Fsp3) is 0.368. The first-order valence-corrected chi connectivity index (χ1v) is 8.15. The zero-order chi connectivity index (χ0) is 17.0. The Bertz CT molecular complexity index is 661. The number of benzene rings is 1. The van der Waals surface area contributed by atoms with E-state index in [1.807, 2.05) is 6.07 Å². The highest BCUT2D eigenvalue weighted by molar-refractivity contribution is 6.19. The van der Waals surface area contributed by atoms with Gasteiger partial charge in [0.25, 0.3) is 5.79 Å². The molecular formula is C19H20O5. The van der Waals surface area contributed by atoms with Gasteiger partial charge in [-0.25, -0.2) is 9.59 Å². The summed E-state index contributed by atoms with van der Waals surface area (Å²) in [6.45, 7) is 3.94. The number of hydrogen-bond donors (Lipinski definition) is 0. The largest absolute Gasteiger partial charge is 0.489 e. The second kappa shape index (κ2) is 6.91. The monoisotopic (exact) mass is 328 g/mol. The van der Waals surface area contributed by atoms with E-state index in [2.05, 4.69) is 6.58 Å². The third-order valence-electron chi connectivity index (χ3n) is 4.19. The molecule has 0 N–H and O–H groups in total. The fourth-order valence-corrected chi connectivity index (χ4v) is 3.00. The molecule has 1 aliphatic carbocycles. The van der Waals surface area contributed by atoms with Crippen LogP contribution in [0.25, 0.3) is 6.08 Å². The van der Waals surface area contributed by atoms with Crippen LogP contribution in [-0.4, -0.2) is 24.3 Å². The maximum Gasteiger partial charge on any atom is 0.348 e. The minimum absolute atomic E-state index is 0.110. The van der Waals surface area contributed by atoms with E-state index in [1.54, 1.807) is 24.3 Å². The lowest BCUT2D eigenvalue weighted by Gasteiger charge is -2.38. The number of ether oxygens (including phenoxy) is 3. The van der Waals surface area contributed by atoms with Crippen molar-refractivity contribution < 1.29 is 23.8 Å². The first-order chi connectivity index (χ1) is 11.6. The van der Waals surface area contributed by atoms with Gasteiger partial charge in [-0.05, 0) is 25.0 Å². The van der Waals surface area contributed by atoms with Crippen LogP contribution >= 0.6 is 0 Å². The van der Waals surface area contributed by atoms with Crippen LogP contribution in [0.2, 0.25) is 0 Å².